The summed E-state index contributed by atoms with van der Waals surface area (Å²) in [4.78, 5) is 38.6. The number of carbonyl (C=O) groups is 3. The molecule has 1 heterocycles. The minimum absolute atomic E-state index is 0.0550. The van der Waals surface area contributed by atoms with Crippen LogP contribution in [0.1, 0.15) is 20.8 Å². The minimum Gasteiger partial charge on any atom is -0.377 e. The van der Waals surface area contributed by atoms with E-state index < -0.39 is 21.9 Å². The highest BCUT2D eigenvalue weighted by Crippen LogP contribution is 2.22. The Morgan fingerprint density at radius 3 is 2.00 bits per heavy atom. The molecule has 2 rings (SSSR count). The van der Waals surface area contributed by atoms with Crippen LogP contribution in [0.5, 0.6) is 5.75 Å². The minimum atomic E-state index is -4.12. The lowest BCUT2D eigenvalue weighted by molar-refractivity contribution is -0.124. The van der Waals surface area contributed by atoms with E-state index in [0.717, 1.165) is 11.1 Å². The normalized spacial score (nSPS) is 10.8. The van der Waals surface area contributed by atoms with Gasteiger partial charge in [-0.3, -0.25) is 14.4 Å². The summed E-state index contributed by atoms with van der Waals surface area (Å²) in [5.74, 6) is -1.35. The molecule has 1 aromatic carbocycles. The average molecular weight is 391 g/mol. The number of pyridine rings is 1. The molecule has 0 aliphatic heterocycles. The first kappa shape index (κ1) is 20.0. The molecule has 10 heteroatoms. The third-order valence-corrected chi connectivity index (χ3v) is 4.51. The Morgan fingerprint density at radius 2 is 1.56 bits per heavy atom. The number of aromatic nitrogens is 1. The lowest BCUT2D eigenvalue weighted by Gasteiger charge is -2.16. The van der Waals surface area contributed by atoms with Crippen molar-refractivity contribution in [1.29, 1.82) is 0 Å². The Kier molecular flexibility index (Phi) is 5.91. The number of carbonyl (C=O) groups excluding carboxylic acids is 3. The summed E-state index contributed by atoms with van der Waals surface area (Å²) in [7, 11) is -4.12. The lowest BCUT2D eigenvalue weighted by Crippen LogP contribution is -2.33. The molecule has 0 spiro atoms. The number of rotatable bonds is 5. The van der Waals surface area contributed by atoms with E-state index in [0.29, 0.717) is 5.69 Å². The van der Waals surface area contributed by atoms with Gasteiger partial charge in [0.1, 0.15) is 10.7 Å². The maximum absolute atomic E-state index is 12.3. The van der Waals surface area contributed by atoms with Crippen LogP contribution in [-0.2, 0) is 24.5 Å². The van der Waals surface area contributed by atoms with Gasteiger partial charge in [0, 0.05) is 26.5 Å². The van der Waals surface area contributed by atoms with Crippen molar-refractivity contribution >= 4 is 39.3 Å². The second-order valence-corrected chi connectivity index (χ2v) is 7.01. The van der Waals surface area contributed by atoms with Gasteiger partial charge in [-0.25, -0.2) is 9.88 Å². The van der Waals surface area contributed by atoms with E-state index >= 15 is 0 Å². The Morgan fingerprint density at radius 1 is 0.963 bits per heavy atom. The van der Waals surface area contributed by atoms with E-state index in [1.165, 1.54) is 57.2 Å². The third-order valence-electron chi connectivity index (χ3n) is 3.25. The molecule has 0 saturated carbocycles. The van der Waals surface area contributed by atoms with Gasteiger partial charge in [-0.1, -0.05) is 0 Å². The van der Waals surface area contributed by atoms with E-state index in [2.05, 4.69) is 10.3 Å². The van der Waals surface area contributed by atoms with Gasteiger partial charge >= 0.3 is 10.1 Å². The molecule has 0 aliphatic carbocycles. The molecule has 27 heavy (non-hydrogen) atoms. The van der Waals surface area contributed by atoms with E-state index in [1.807, 2.05) is 0 Å². The molecule has 0 radical (unpaired) electrons. The number of hydrogen-bond donors (Lipinski definition) is 1. The Bertz CT molecular complexity index is 955. The second kappa shape index (κ2) is 7.96. The standard InChI is InChI=1S/C17H17N3O6S/c1-11(21)19-14-4-7-16(8-5-14)27(24,25)26-15-6-9-17(18-10-15)20(12(2)22)13(3)23/h4-10H,1-3H3,(H,19,21). The fourth-order valence-corrected chi connectivity index (χ4v) is 3.10. The summed E-state index contributed by atoms with van der Waals surface area (Å²) in [6, 6.07) is 8.01. The molecule has 0 fully saturated rings. The zero-order valence-electron chi connectivity index (χ0n) is 14.8. The molecule has 0 bridgehead atoms. The van der Waals surface area contributed by atoms with Crippen molar-refractivity contribution < 1.29 is 27.0 Å². The highest BCUT2D eigenvalue weighted by Gasteiger charge is 2.20. The first-order valence-corrected chi connectivity index (χ1v) is 9.10. The van der Waals surface area contributed by atoms with Crippen molar-refractivity contribution in [2.75, 3.05) is 10.2 Å². The predicted octanol–water partition coefficient (Wildman–Crippen LogP) is 1.71. The third kappa shape index (κ3) is 5.11. The molecule has 0 unspecified atom stereocenters. The zero-order valence-corrected chi connectivity index (χ0v) is 15.6. The van der Waals surface area contributed by atoms with Crippen LogP contribution >= 0.6 is 0 Å². The van der Waals surface area contributed by atoms with Gasteiger partial charge in [-0.05, 0) is 36.4 Å². The molecular weight excluding hydrogens is 374 g/mol. The van der Waals surface area contributed by atoms with Crippen LogP contribution in [0, 0.1) is 0 Å². The summed E-state index contributed by atoms with van der Waals surface area (Å²) < 4.78 is 29.6. The second-order valence-electron chi connectivity index (χ2n) is 5.47. The predicted molar refractivity (Wildman–Crippen MR) is 96.6 cm³/mol. The first-order valence-electron chi connectivity index (χ1n) is 7.69. The van der Waals surface area contributed by atoms with Crippen molar-refractivity contribution in [3.8, 4) is 5.75 Å². The molecule has 0 saturated heterocycles. The van der Waals surface area contributed by atoms with E-state index in [4.69, 9.17) is 4.18 Å². The number of anilines is 2. The molecule has 142 valence electrons. The molecular formula is C17H17N3O6S. The van der Waals surface area contributed by atoms with Crippen LogP contribution in [0.2, 0.25) is 0 Å². The van der Waals surface area contributed by atoms with Gasteiger partial charge in [-0.15, -0.1) is 0 Å². The van der Waals surface area contributed by atoms with Crippen LogP contribution in [0.25, 0.3) is 0 Å². The summed E-state index contributed by atoms with van der Waals surface area (Å²) in [5.41, 5.74) is 0.445. The maximum Gasteiger partial charge on any atom is 0.339 e. The number of nitrogens with zero attached hydrogens (tertiary/aromatic N) is 2. The number of nitrogens with one attached hydrogen (secondary N) is 1. The van der Waals surface area contributed by atoms with Crippen molar-refractivity contribution in [3.05, 3.63) is 42.6 Å². The van der Waals surface area contributed by atoms with E-state index in [9.17, 15) is 22.8 Å². The molecule has 3 amide bonds. The molecule has 1 N–H and O–H groups in total. The van der Waals surface area contributed by atoms with E-state index in [1.54, 1.807) is 0 Å². The van der Waals surface area contributed by atoms with Gasteiger partial charge in [0.05, 0.1) is 6.20 Å². The summed E-state index contributed by atoms with van der Waals surface area (Å²) in [6.07, 6.45) is 1.09. The highest BCUT2D eigenvalue weighted by molar-refractivity contribution is 7.87. The Balaban J connectivity index is 2.19. The largest absolute Gasteiger partial charge is 0.377 e. The van der Waals surface area contributed by atoms with Crippen molar-refractivity contribution in [2.45, 2.75) is 25.7 Å². The molecule has 2 aromatic rings. The number of imide groups is 1. The average Bonchev–Trinajstić information content (AvgIpc) is 2.55. The number of benzene rings is 1. The summed E-state index contributed by atoms with van der Waals surface area (Å²) in [6.45, 7) is 3.76. The monoisotopic (exact) mass is 391 g/mol. The SMILES string of the molecule is CC(=O)Nc1ccc(S(=O)(=O)Oc2ccc(N(C(C)=O)C(C)=O)nc2)cc1. The summed E-state index contributed by atoms with van der Waals surface area (Å²) >= 11 is 0. The van der Waals surface area contributed by atoms with Crippen LogP contribution in [0.4, 0.5) is 11.5 Å². The number of hydrogen-bond acceptors (Lipinski definition) is 7. The van der Waals surface area contributed by atoms with Crippen LogP contribution in [0.3, 0.4) is 0 Å². The van der Waals surface area contributed by atoms with Gasteiger partial charge in [0.25, 0.3) is 0 Å². The maximum atomic E-state index is 12.3. The van der Waals surface area contributed by atoms with Gasteiger partial charge in [-0.2, -0.15) is 8.42 Å². The quantitative estimate of drug-likeness (QED) is 0.770. The molecule has 0 aliphatic rings. The van der Waals surface area contributed by atoms with Crippen molar-refractivity contribution in [3.63, 3.8) is 0 Å². The van der Waals surface area contributed by atoms with Crippen LogP contribution < -0.4 is 14.4 Å². The van der Waals surface area contributed by atoms with Gasteiger partial charge in [0.2, 0.25) is 17.7 Å². The smallest absolute Gasteiger partial charge is 0.339 e. The van der Waals surface area contributed by atoms with Crippen molar-refractivity contribution in [1.82, 2.24) is 4.98 Å². The van der Waals surface area contributed by atoms with Gasteiger partial charge < -0.3 is 9.50 Å². The fraction of sp³-hybridized carbons (Fsp3) is 0.176. The number of amides is 3. The molecule has 9 nitrogen and oxygen atoms in total. The first-order chi connectivity index (χ1) is 12.6. The molecule has 1 aromatic heterocycles. The Labute approximate surface area is 156 Å². The van der Waals surface area contributed by atoms with Gasteiger partial charge in [0.15, 0.2) is 5.75 Å². The highest BCUT2D eigenvalue weighted by atomic mass is 32.2. The molecule has 0 atom stereocenters. The fourth-order valence-electron chi connectivity index (χ4n) is 2.18. The van der Waals surface area contributed by atoms with Crippen LogP contribution in [-0.4, -0.2) is 31.1 Å². The van der Waals surface area contributed by atoms with Crippen molar-refractivity contribution in [2.24, 2.45) is 0 Å². The van der Waals surface area contributed by atoms with E-state index in [-0.39, 0.29) is 22.4 Å². The lowest BCUT2D eigenvalue weighted by atomic mass is 10.3. The topological polar surface area (TPSA) is 123 Å². The Hall–Kier alpha value is -3.27. The zero-order chi connectivity index (χ0) is 20.2. The van der Waals surface area contributed by atoms with Crippen LogP contribution in [0.15, 0.2) is 47.5 Å². The summed E-state index contributed by atoms with van der Waals surface area (Å²) in [5, 5.41) is 2.52.